The molecule has 0 atom stereocenters. The van der Waals surface area contributed by atoms with Crippen LogP contribution in [-0.4, -0.2) is 58.0 Å². The van der Waals surface area contributed by atoms with E-state index in [9.17, 15) is 14.9 Å². The summed E-state index contributed by atoms with van der Waals surface area (Å²) >= 11 is 5.87. The summed E-state index contributed by atoms with van der Waals surface area (Å²) in [5.74, 6) is 1.20. The number of nitro groups is 1. The monoisotopic (exact) mass is 498 g/mol. The first-order valence-electron chi connectivity index (χ1n) is 10.2. The molecular weight excluding hydrogens is 480 g/mol. The summed E-state index contributed by atoms with van der Waals surface area (Å²) in [6, 6.07) is 12.4. The Morgan fingerprint density at radius 3 is 2.63 bits per heavy atom. The predicted octanol–water partition coefficient (Wildman–Crippen LogP) is 3.18. The quantitative estimate of drug-likeness (QED) is 0.209. The molecule has 0 unspecified atom stereocenters. The van der Waals surface area contributed by atoms with Crippen LogP contribution in [0.5, 0.6) is 17.4 Å². The van der Waals surface area contributed by atoms with Gasteiger partial charge in [0.15, 0.2) is 23.0 Å². The van der Waals surface area contributed by atoms with E-state index in [0.29, 0.717) is 28.5 Å². The van der Waals surface area contributed by atoms with Crippen LogP contribution in [0.3, 0.4) is 0 Å². The van der Waals surface area contributed by atoms with Crippen LogP contribution >= 0.6 is 11.6 Å². The molecule has 12 nitrogen and oxygen atoms in total. The highest BCUT2D eigenvalue weighted by atomic mass is 35.5. The van der Waals surface area contributed by atoms with Crippen molar-refractivity contribution in [1.82, 2.24) is 25.1 Å². The molecule has 4 aromatic rings. The van der Waals surface area contributed by atoms with Gasteiger partial charge in [-0.25, -0.2) is 0 Å². The summed E-state index contributed by atoms with van der Waals surface area (Å²) in [6.45, 7) is 0.138. The summed E-state index contributed by atoms with van der Waals surface area (Å²) in [5, 5.41) is 26.7. The van der Waals surface area contributed by atoms with Crippen molar-refractivity contribution in [2.24, 2.45) is 0 Å². The topological polar surface area (TPSA) is 143 Å². The molecule has 1 amide bonds. The zero-order chi connectivity index (χ0) is 24.9. The molecule has 0 aliphatic carbocycles. The molecule has 2 aromatic carbocycles. The number of nitrogens with zero attached hydrogens (tertiary/aromatic N) is 5. The maximum Gasteiger partial charge on any atom is 0.282 e. The van der Waals surface area contributed by atoms with E-state index in [-0.39, 0.29) is 35.3 Å². The molecule has 0 aliphatic heterocycles. The van der Waals surface area contributed by atoms with Crippen molar-refractivity contribution in [3.8, 4) is 28.8 Å². The van der Waals surface area contributed by atoms with Gasteiger partial charge >= 0.3 is 0 Å². The van der Waals surface area contributed by atoms with Gasteiger partial charge in [0, 0.05) is 22.7 Å². The number of hydrogen-bond donors (Lipinski definition) is 1. The average Bonchev–Trinajstić information content (AvgIpc) is 3.29. The van der Waals surface area contributed by atoms with Crippen LogP contribution in [0.1, 0.15) is 10.4 Å². The third kappa shape index (κ3) is 5.06. The SMILES string of the molecule is COc1ccc(-c2nnc3ccc(OCCNC(=O)c4cc(Cl)ccc4[N+](=O)[O-])nn23)cc1OC. The van der Waals surface area contributed by atoms with Gasteiger partial charge in [-0.2, -0.15) is 4.52 Å². The fourth-order valence-corrected chi connectivity index (χ4v) is 3.44. The van der Waals surface area contributed by atoms with Crippen molar-refractivity contribution < 1.29 is 23.9 Å². The van der Waals surface area contributed by atoms with E-state index in [4.69, 9.17) is 25.8 Å². The van der Waals surface area contributed by atoms with Gasteiger partial charge in [-0.15, -0.1) is 15.3 Å². The highest BCUT2D eigenvalue weighted by Crippen LogP contribution is 2.31. The molecule has 13 heteroatoms. The van der Waals surface area contributed by atoms with Gasteiger partial charge < -0.3 is 19.5 Å². The number of rotatable bonds is 9. The zero-order valence-corrected chi connectivity index (χ0v) is 19.4. The number of nitro benzene ring substituents is 1. The molecule has 0 spiro atoms. The smallest absolute Gasteiger partial charge is 0.282 e. The summed E-state index contributed by atoms with van der Waals surface area (Å²) in [5.41, 5.74) is 0.736. The lowest BCUT2D eigenvalue weighted by Crippen LogP contribution is -2.28. The Labute approximate surface area is 203 Å². The first kappa shape index (κ1) is 23.7. The number of ether oxygens (including phenoxy) is 3. The van der Waals surface area contributed by atoms with Crippen LogP contribution in [0, 0.1) is 10.1 Å². The molecule has 180 valence electrons. The minimum atomic E-state index is -0.643. The summed E-state index contributed by atoms with van der Waals surface area (Å²) in [6.07, 6.45) is 0. The third-order valence-corrected chi connectivity index (χ3v) is 5.15. The second kappa shape index (κ2) is 10.2. The van der Waals surface area contributed by atoms with Crippen molar-refractivity contribution in [3.63, 3.8) is 0 Å². The molecule has 35 heavy (non-hydrogen) atoms. The highest BCUT2D eigenvalue weighted by Gasteiger charge is 2.20. The Morgan fingerprint density at radius 1 is 1.09 bits per heavy atom. The number of benzene rings is 2. The maximum absolute atomic E-state index is 12.4. The Bertz CT molecular complexity index is 1410. The second-order valence-electron chi connectivity index (χ2n) is 7.06. The molecule has 0 aliphatic rings. The third-order valence-electron chi connectivity index (χ3n) is 4.92. The fraction of sp³-hybridized carbons (Fsp3) is 0.182. The number of carbonyl (C=O) groups excluding carboxylic acids is 1. The van der Waals surface area contributed by atoms with E-state index in [1.165, 1.54) is 29.8 Å². The van der Waals surface area contributed by atoms with Gasteiger partial charge in [-0.1, -0.05) is 11.6 Å². The number of methoxy groups -OCH3 is 2. The van der Waals surface area contributed by atoms with E-state index in [0.717, 1.165) is 0 Å². The first-order valence-corrected chi connectivity index (χ1v) is 10.6. The fourth-order valence-electron chi connectivity index (χ4n) is 3.27. The minimum Gasteiger partial charge on any atom is -0.493 e. The van der Waals surface area contributed by atoms with Crippen LogP contribution in [-0.2, 0) is 0 Å². The van der Waals surface area contributed by atoms with Gasteiger partial charge in [-0.3, -0.25) is 14.9 Å². The number of fused-ring (bicyclic) bond motifs is 1. The van der Waals surface area contributed by atoms with Crippen molar-refractivity contribution in [2.45, 2.75) is 0 Å². The van der Waals surface area contributed by atoms with E-state index < -0.39 is 10.8 Å². The number of carbonyl (C=O) groups is 1. The van der Waals surface area contributed by atoms with Gasteiger partial charge in [0.05, 0.1) is 25.7 Å². The molecule has 0 saturated heterocycles. The average molecular weight is 499 g/mol. The Morgan fingerprint density at radius 2 is 1.89 bits per heavy atom. The maximum atomic E-state index is 12.4. The first-order chi connectivity index (χ1) is 16.9. The molecule has 0 fully saturated rings. The van der Waals surface area contributed by atoms with E-state index >= 15 is 0 Å². The molecule has 0 bridgehead atoms. The van der Waals surface area contributed by atoms with Crippen molar-refractivity contribution >= 4 is 28.8 Å². The van der Waals surface area contributed by atoms with E-state index in [1.54, 1.807) is 37.4 Å². The number of aromatic nitrogens is 4. The van der Waals surface area contributed by atoms with Crippen LogP contribution in [0.2, 0.25) is 5.02 Å². The molecule has 4 rings (SSSR count). The lowest BCUT2D eigenvalue weighted by atomic mass is 10.1. The zero-order valence-electron chi connectivity index (χ0n) is 18.6. The Hall–Kier alpha value is -4.45. The lowest BCUT2D eigenvalue weighted by Gasteiger charge is -2.09. The standard InChI is InChI=1S/C22H19ClN6O6/c1-33-17-6-3-13(11-18(17)34-2)21-26-25-19-7-8-20(27-28(19)21)35-10-9-24-22(30)15-12-14(23)4-5-16(15)29(31)32/h3-8,11-12H,9-10H2,1-2H3,(H,24,30). The molecule has 2 aromatic heterocycles. The predicted molar refractivity (Wildman–Crippen MR) is 125 cm³/mol. The van der Waals surface area contributed by atoms with Gasteiger partial charge in [0.2, 0.25) is 5.88 Å². The van der Waals surface area contributed by atoms with Crippen LogP contribution in [0.25, 0.3) is 17.0 Å². The Kier molecular flexibility index (Phi) is 6.92. The minimum absolute atomic E-state index is 0.0619. The number of halogens is 1. The molecule has 0 radical (unpaired) electrons. The van der Waals surface area contributed by atoms with Gasteiger partial charge in [-0.05, 0) is 36.4 Å². The highest BCUT2D eigenvalue weighted by molar-refractivity contribution is 6.31. The summed E-state index contributed by atoms with van der Waals surface area (Å²) in [7, 11) is 3.09. The molecule has 0 saturated carbocycles. The van der Waals surface area contributed by atoms with E-state index in [2.05, 4.69) is 20.6 Å². The van der Waals surface area contributed by atoms with Crippen molar-refractivity contribution in [3.05, 3.63) is 69.2 Å². The molecule has 1 N–H and O–H groups in total. The summed E-state index contributed by atoms with van der Waals surface area (Å²) < 4.78 is 17.8. The second-order valence-corrected chi connectivity index (χ2v) is 7.49. The van der Waals surface area contributed by atoms with Crippen molar-refractivity contribution in [1.29, 1.82) is 0 Å². The largest absolute Gasteiger partial charge is 0.493 e. The number of nitrogens with one attached hydrogen (secondary N) is 1. The number of hydrogen-bond acceptors (Lipinski definition) is 9. The molecular formula is C22H19ClN6O6. The normalized spacial score (nSPS) is 10.7. The van der Waals surface area contributed by atoms with Crippen LogP contribution in [0.15, 0.2) is 48.5 Å². The summed E-state index contributed by atoms with van der Waals surface area (Å²) in [4.78, 5) is 22.9. The van der Waals surface area contributed by atoms with Crippen LogP contribution in [0.4, 0.5) is 5.69 Å². The molecule has 2 heterocycles. The van der Waals surface area contributed by atoms with Gasteiger partial charge in [0.1, 0.15) is 12.2 Å². The van der Waals surface area contributed by atoms with Crippen LogP contribution < -0.4 is 19.5 Å². The Balaban J connectivity index is 1.45. The van der Waals surface area contributed by atoms with Crippen molar-refractivity contribution in [2.75, 3.05) is 27.4 Å². The lowest BCUT2D eigenvalue weighted by molar-refractivity contribution is -0.385. The van der Waals surface area contributed by atoms with Gasteiger partial charge in [0.25, 0.3) is 11.6 Å². The van der Waals surface area contributed by atoms with E-state index in [1.807, 2.05) is 0 Å². The number of amides is 1.